The maximum absolute atomic E-state index is 11.1. The van der Waals surface area contributed by atoms with E-state index < -0.39 is 6.09 Å². The number of benzene rings is 1. The van der Waals surface area contributed by atoms with Crippen LogP contribution in [0.15, 0.2) is 46.7 Å². The maximum Gasteiger partial charge on any atom is 0.440 e. The number of carbonyl (C=O) groups excluding carboxylic acids is 1. The Kier molecular flexibility index (Phi) is 6.62. The topological polar surface area (TPSA) is 69.2 Å². The molecule has 0 bridgehead atoms. The molecule has 25 heavy (non-hydrogen) atoms. The molecule has 1 aliphatic rings. The second-order valence-electron chi connectivity index (χ2n) is 5.85. The van der Waals surface area contributed by atoms with E-state index in [-0.39, 0.29) is 0 Å². The van der Waals surface area contributed by atoms with Crippen LogP contribution in [0.3, 0.4) is 0 Å². The van der Waals surface area contributed by atoms with Gasteiger partial charge < -0.3 is 14.4 Å². The fraction of sp³-hybridized carbons (Fsp3) is 0.368. The predicted molar refractivity (Wildman–Crippen MR) is 96.6 cm³/mol. The van der Waals surface area contributed by atoms with Gasteiger partial charge in [-0.1, -0.05) is 29.4 Å². The molecule has 2 rings (SSSR count). The summed E-state index contributed by atoms with van der Waals surface area (Å²) in [5.41, 5.74) is 7.18. The highest BCUT2D eigenvalue weighted by Gasteiger charge is 2.08. The fourth-order valence-electron chi connectivity index (χ4n) is 2.35. The Hall–Kier alpha value is -2.76. The average molecular weight is 344 g/mol. The summed E-state index contributed by atoms with van der Waals surface area (Å²) in [6, 6.07) is 5.61. The lowest BCUT2D eigenvalue weighted by atomic mass is 10.00. The van der Waals surface area contributed by atoms with Gasteiger partial charge in [-0.2, -0.15) is 5.48 Å². The van der Waals surface area contributed by atoms with Gasteiger partial charge in [0, 0.05) is 5.56 Å². The molecule has 0 atom stereocenters. The minimum absolute atomic E-state index is 0.493. The molecule has 0 unspecified atom stereocenters. The zero-order chi connectivity index (χ0) is 18.2. The number of nitrogens with zero attached hydrogens (tertiary/aromatic N) is 1. The SMILES string of the molecule is COC(=O)NOc1cc(/C(C)=N/OCC2=C(C)C=CCC2)ccc1C. The lowest BCUT2D eigenvalue weighted by molar-refractivity contribution is 0.118. The molecule has 0 spiro atoms. The monoisotopic (exact) mass is 344 g/mol. The number of amides is 1. The summed E-state index contributed by atoms with van der Waals surface area (Å²) in [6.45, 7) is 6.33. The number of allylic oxidation sites excluding steroid dienone is 3. The number of hydrogen-bond donors (Lipinski definition) is 1. The van der Waals surface area contributed by atoms with Crippen molar-refractivity contribution in [1.82, 2.24) is 5.48 Å². The van der Waals surface area contributed by atoms with Crippen molar-refractivity contribution in [3.63, 3.8) is 0 Å². The first-order valence-electron chi connectivity index (χ1n) is 8.14. The number of hydroxylamine groups is 1. The van der Waals surface area contributed by atoms with Gasteiger partial charge in [0.15, 0.2) is 5.75 Å². The summed E-state index contributed by atoms with van der Waals surface area (Å²) in [5.74, 6) is 0.522. The number of rotatable bonds is 6. The molecule has 6 nitrogen and oxygen atoms in total. The van der Waals surface area contributed by atoms with E-state index in [4.69, 9.17) is 9.68 Å². The van der Waals surface area contributed by atoms with Crippen molar-refractivity contribution >= 4 is 11.8 Å². The number of oxime groups is 1. The van der Waals surface area contributed by atoms with Gasteiger partial charge in [0.05, 0.1) is 12.8 Å². The van der Waals surface area contributed by atoms with Crippen molar-refractivity contribution in [2.45, 2.75) is 33.6 Å². The van der Waals surface area contributed by atoms with E-state index >= 15 is 0 Å². The molecule has 0 aromatic heterocycles. The van der Waals surface area contributed by atoms with Crippen LogP contribution >= 0.6 is 0 Å². The molecule has 1 N–H and O–H groups in total. The van der Waals surface area contributed by atoms with Crippen LogP contribution in [0.2, 0.25) is 0 Å². The first-order valence-corrected chi connectivity index (χ1v) is 8.14. The molecule has 1 aliphatic carbocycles. The maximum atomic E-state index is 11.1. The van der Waals surface area contributed by atoms with E-state index in [2.05, 4.69) is 34.4 Å². The minimum Gasteiger partial charge on any atom is -0.451 e. The van der Waals surface area contributed by atoms with E-state index in [9.17, 15) is 4.79 Å². The number of ether oxygens (including phenoxy) is 1. The molecular formula is C19H24N2O4. The largest absolute Gasteiger partial charge is 0.451 e. The third-order valence-corrected chi connectivity index (χ3v) is 4.01. The van der Waals surface area contributed by atoms with Crippen molar-refractivity contribution in [3.8, 4) is 5.75 Å². The van der Waals surface area contributed by atoms with Gasteiger partial charge in [-0.15, -0.1) is 0 Å². The van der Waals surface area contributed by atoms with Crippen LogP contribution in [-0.2, 0) is 9.57 Å². The molecule has 0 saturated heterocycles. The van der Waals surface area contributed by atoms with Crippen molar-refractivity contribution in [1.29, 1.82) is 0 Å². The number of aryl methyl sites for hydroxylation is 1. The molecule has 134 valence electrons. The Morgan fingerprint density at radius 1 is 1.32 bits per heavy atom. The van der Waals surface area contributed by atoms with Gasteiger partial charge in [-0.05, 0) is 56.4 Å². The van der Waals surface area contributed by atoms with Crippen LogP contribution in [0, 0.1) is 6.92 Å². The second-order valence-corrected chi connectivity index (χ2v) is 5.85. The van der Waals surface area contributed by atoms with Gasteiger partial charge in [-0.25, -0.2) is 4.79 Å². The Balaban J connectivity index is 2.01. The standard InChI is InChI=1S/C19H24N2O4/c1-13-7-5-6-8-17(13)12-24-20-15(3)16-10-9-14(2)18(11-16)25-21-19(22)23-4/h5,7,9-11H,6,8,12H2,1-4H3,(H,21,22)/b20-15+. The van der Waals surface area contributed by atoms with Crippen LogP contribution in [0.4, 0.5) is 4.79 Å². The lowest BCUT2D eigenvalue weighted by Crippen LogP contribution is -2.27. The average Bonchev–Trinajstić information content (AvgIpc) is 2.62. The third kappa shape index (κ3) is 5.38. The van der Waals surface area contributed by atoms with E-state index in [1.807, 2.05) is 26.0 Å². The summed E-state index contributed by atoms with van der Waals surface area (Å²) < 4.78 is 4.48. The number of nitrogens with one attached hydrogen (secondary N) is 1. The first-order chi connectivity index (χ1) is 12.0. The minimum atomic E-state index is -0.663. The summed E-state index contributed by atoms with van der Waals surface area (Å²) in [5, 5.41) is 4.20. The van der Waals surface area contributed by atoms with Crippen molar-refractivity contribution < 1.29 is 19.2 Å². The highest BCUT2D eigenvalue weighted by molar-refractivity contribution is 5.98. The number of carbonyl (C=O) groups is 1. The molecule has 6 heteroatoms. The summed E-state index contributed by atoms with van der Waals surface area (Å²) >= 11 is 0. The predicted octanol–water partition coefficient (Wildman–Crippen LogP) is 4.05. The zero-order valence-electron chi connectivity index (χ0n) is 15.1. The molecule has 0 heterocycles. The molecule has 1 aromatic carbocycles. The van der Waals surface area contributed by atoms with Crippen LogP contribution in [0.1, 0.15) is 37.8 Å². The van der Waals surface area contributed by atoms with Gasteiger partial charge in [-0.3, -0.25) is 0 Å². The van der Waals surface area contributed by atoms with Crippen LogP contribution in [-0.4, -0.2) is 25.5 Å². The number of methoxy groups -OCH3 is 1. The van der Waals surface area contributed by atoms with Gasteiger partial charge in [0.2, 0.25) is 0 Å². The van der Waals surface area contributed by atoms with Gasteiger partial charge in [0.1, 0.15) is 6.61 Å². The molecule has 1 aromatic rings. The lowest BCUT2D eigenvalue weighted by Gasteiger charge is -2.12. The molecule has 0 fully saturated rings. The Morgan fingerprint density at radius 2 is 2.12 bits per heavy atom. The van der Waals surface area contributed by atoms with Crippen molar-refractivity contribution in [3.05, 3.63) is 52.6 Å². The van der Waals surface area contributed by atoms with Gasteiger partial charge >= 0.3 is 6.09 Å². The molecule has 0 aliphatic heterocycles. The van der Waals surface area contributed by atoms with Crippen LogP contribution in [0.5, 0.6) is 5.75 Å². The highest BCUT2D eigenvalue weighted by Crippen LogP contribution is 2.21. The second kappa shape index (κ2) is 8.92. The Labute approximate surface area is 148 Å². The number of hydrogen-bond acceptors (Lipinski definition) is 5. The van der Waals surface area contributed by atoms with E-state index in [0.717, 1.165) is 29.7 Å². The molecule has 0 saturated carbocycles. The summed E-state index contributed by atoms with van der Waals surface area (Å²) in [7, 11) is 1.27. The zero-order valence-corrected chi connectivity index (χ0v) is 15.1. The fourth-order valence-corrected chi connectivity index (χ4v) is 2.35. The molecule has 0 radical (unpaired) electrons. The van der Waals surface area contributed by atoms with E-state index in [0.29, 0.717) is 12.4 Å². The summed E-state index contributed by atoms with van der Waals surface area (Å²) in [4.78, 5) is 21.9. The van der Waals surface area contributed by atoms with E-state index in [1.165, 1.54) is 18.3 Å². The highest BCUT2D eigenvalue weighted by atomic mass is 16.7. The molecular weight excluding hydrogens is 320 g/mol. The third-order valence-electron chi connectivity index (χ3n) is 4.01. The normalized spacial score (nSPS) is 14.3. The Bertz CT molecular complexity index is 720. The quantitative estimate of drug-likeness (QED) is 0.624. The van der Waals surface area contributed by atoms with Crippen molar-refractivity contribution in [2.24, 2.45) is 5.16 Å². The van der Waals surface area contributed by atoms with Crippen molar-refractivity contribution in [2.75, 3.05) is 13.7 Å². The molecule has 1 amide bonds. The smallest absolute Gasteiger partial charge is 0.440 e. The van der Waals surface area contributed by atoms with Crippen LogP contribution in [0.25, 0.3) is 0 Å². The summed E-state index contributed by atoms with van der Waals surface area (Å²) in [6.07, 6.45) is 5.69. The Morgan fingerprint density at radius 3 is 2.84 bits per heavy atom. The van der Waals surface area contributed by atoms with Crippen LogP contribution < -0.4 is 10.3 Å². The van der Waals surface area contributed by atoms with Gasteiger partial charge in [0.25, 0.3) is 0 Å². The first kappa shape index (κ1) is 18.6. The van der Waals surface area contributed by atoms with E-state index in [1.54, 1.807) is 6.07 Å².